The molecule has 5 nitrogen and oxygen atoms in total. The van der Waals surface area contributed by atoms with Gasteiger partial charge in [-0.15, -0.1) is 0 Å². The molecule has 0 unspecified atom stereocenters. The van der Waals surface area contributed by atoms with Crippen LogP contribution in [0, 0.1) is 19.3 Å². The third-order valence-electron chi connectivity index (χ3n) is 6.82. The highest BCUT2D eigenvalue weighted by atomic mass is 16.2. The Morgan fingerprint density at radius 3 is 2.46 bits per heavy atom. The summed E-state index contributed by atoms with van der Waals surface area (Å²) in [6, 6.07) is 6.48. The Hall–Kier alpha value is -1.88. The van der Waals surface area contributed by atoms with E-state index in [1.165, 1.54) is 21.7 Å². The molecule has 0 aromatic heterocycles. The molecule has 2 aliphatic heterocycles. The number of imide groups is 1. The summed E-state index contributed by atoms with van der Waals surface area (Å²) in [5, 5.41) is 0. The number of hydrogen-bond donors (Lipinski definition) is 1. The number of piperazine rings is 1. The van der Waals surface area contributed by atoms with Gasteiger partial charge in [0, 0.05) is 12.1 Å². The van der Waals surface area contributed by atoms with E-state index in [2.05, 4.69) is 36.9 Å². The second-order valence-electron chi connectivity index (χ2n) is 8.41. The Morgan fingerprint density at radius 1 is 1.08 bits per heavy atom. The summed E-state index contributed by atoms with van der Waals surface area (Å²) in [7, 11) is 0. The van der Waals surface area contributed by atoms with Crippen LogP contribution in [0.2, 0.25) is 0 Å². The predicted molar refractivity (Wildman–Crippen MR) is 101 cm³/mol. The molecule has 1 aromatic rings. The number of carbonyl (C=O) groups is 2. The van der Waals surface area contributed by atoms with E-state index < -0.39 is 0 Å². The summed E-state index contributed by atoms with van der Waals surface area (Å²) in [5.41, 5.74) is 3.66. The van der Waals surface area contributed by atoms with Crippen molar-refractivity contribution in [2.45, 2.75) is 46.0 Å². The van der Waals surface area contributed by atoms with Crippen LogP contribution in [-0.2, 0) is 9.59 Å². The highest BCUT2D eigenvalue weighted by molar-refractivity contribution is 6.05. The number of likely N-dealkylation sites (tertiary alicyclic amines) is 1. The highest BCUT2D eigenvalue weighted by Crippen LogP contribution is 2.46. The quantitative estimate of drug-likeness (QED) is 0.830. The predicted octanol–water partition coefficient (Wildman–Crippen LogP) is 1.29. The maximum absolute atomic E-state index is 12.9. The topological polar surface area (TPSA) is 45.1 Å². The molecule has 1 spiro atoms. The minimum Gasteiger partial charge on any atom is -0.360 e. The molecule has 140 valence electrons. The average molecular weight is 356 g/mol. The van der Waals surface area contributed by atoms with Crippen molar-refractivity contribution in [1.82, 2.24) is 4.90 Å². The lowest BCUT2D eigenvalue weighted by Crippen LogP contribution is -3.16. The fourth-order valence-electron chi connectivity index (χ4n) is 4.99. The number of aryl methyl sites for hydroxylation is 1. The van der Waals surface area contributed by atoms with E-state index in [1.54, 1.807) is 4.90 Å². The van der Waals surface area contributed by atoms with Crippen molar-refractivity contribution in [2.75, 3.05) is 37.7 Å². The van der Waals surface area contributed by atoms with Crippen molar-refractivity contribution in [2.24, 2.45) is 5.41 Å². The third kappa shape index (κ3) is 2.92. The first kappa shape index (κ1) is 17.5. The van der Waals surface area contributed by atoms with Gasteiger partial charge in [0.2, 0.25) is 11.8 Å². The molecule has 1 aromatic carbocycles. The summed E-state index contributed by atoms with van der Waals surface area (Å²) in [5.74, 6) is 0.172. The van der Waals surface area contributed by atoms with Crippen molar-refractivity contribution in [1.29, 1.82) is 0 Å². The zero-order valence-electron chi connectivity index (χ0n) is 16.0. The van der Waals surface area contributed by atoms with Gasteiger partial charge in [-0.1, -0.05) is 25.0 Å². The lowest BCUT2D eigenvalue weighted by Gasteiger charge is -2.36. The number of carbonyl (C=O) groups excluding carboxylic acids is 2. The molecule has 2 heterocycles. The van der Waals surface area contributed by atoms with Crippen molar-refractivity contribution in [3.8, 4) is 0 Å². The van der Waals surface area contributed by atoms with Gasteiger partial charge in [0.25, 0.3) is 0 Å². The molecule has 26 heavy (non-hydrogen) atoms. The molecule has 3 aliphatic rings. The van der Waals surface area contributed by atoms with Crippen LogP contribution in [-0.4, -0.2) is 49.6 Å². The SMILES string of the molecule is Cc1cccc(N2CC[NH+](CN3C(=O)CC4(CCCC4)C3=O)CC2)c1C. The van der Waals surface area contributed by atoms with Crippen molar-refractivity contribution in [3.63, 3.8) is 0 Å². The number of nitrogens with one attached hydrogen (secondary N) is 1. The Balaban J connectivity index is 1.38. The Labute approximate surface area is 155 Å². The third-order valence-corrected chi connectivity index (χ3v) is 6.82. The van der Waals surface area contributed by atoms with Crippen LogP contribution in [0.25, 0.3) is 0 Å². The maximum atomic E-state index is 12.9. The monoisotopic (exact) mass is 356 g/mol. The second-order valence-corrected chi connectivity index (χ2v) is 8.41. The summed E-state index contributed by atoms with van der Waals surface area (Å²) in [6.45, 7) is 8.78. The molecule has 1 aliphatic carbocycles. The minimum atomic E-state index is -0.336. The summed E-state index contributed by atoms with van der Waals surface area (Å²) in [4.78, 5) is 30.7. The number of anilines is 1. The Morgan fingerprint density at radius 2 is 1.77 bits per heavy atom. The van der Waals surface area contributed by atoms with Gasteiger partial charge in [-0.05, 0) is 43.9 Å². The first-order valence-electron chi connectivity index (χ1n) is 10.00. The van der Waals surface area contributed by atoms with Gasteiger partial charge in [0.05, 0.1) is 31.6 Å². The molecule has 1 N–H and O–H groups in total. The first-order chi connectivity index (χ1) is 12.5. The lowest BCUT2D eigenvalue weighted by molar-refractivity contribution is -0.908. The van der Waals surface area contributed by atoms with E-state index in [4.69, 9.17) is 0 Å². The molecule has 0 atom stereocenters. The molecule has 4 rings (SSSR count). The number of rotatable bonds is 3. The number of nitrogens with zero attached hydrogens (tertiary/aromatic N) is 2. The lowest BCUT2D eigenvalue weighted by atomic mass is 9.85. The van der Waals surface area contributed by atoms with Crippen molar-refractivity contribution in [3.05, 3.63) is 29.3 Å². The zero-order chi connectivity index (χ0) is 18.3. The van der Waals surface area contributed by atoms with Crippen LogP contribution in [0.5, 0.6) is 0 Å². The van der Waals surface area contributed by atoms with Gasteiger partial charge >= 0.3 is 0 Å². The summed E-state index contributed by atoms with van der Waals surface area (Å²) in [6.07, 6.45) is 4.45. The summed E-state index contributed by atoms with van der Waals surface area (Å²) < 4.78 is 0. The minimum absolute atomic E-state index is 0.0568. The van der Waals surface area contributed by atoms with Crippen LogP contribution in [0.15, 0.2) is 18.2 Å². The van der Waals surface area contributed by atoms with Crippen molar-refractivity contribution < 1.29 is 14.5 Å². The molecule has 0 bridgehead atoms. The smallest absolute Gasteiger partial charge is 0.240 e. The first-order valence-corrected chi connectivity index (χ1v) is 10.00. The molecular formula is C21H30N3O2+. The standard InChI is InChI=1S/C21H29N3O2/c1-16-6-5-7-18(17(16)2)23-12-10-22(11-13-23)15-24-19(25)14-21(20(24)26)8-3-4-9-21/h5-7H,3-4,8-15H2,1-2H3/p+1. The van der Waals surface area contributed by atoms with E-state index >= 15 is 0 Å². The van der Waals surface area contributed by atoms with E-state index in [0.29, 0.717) is 13.1 Å². The molecule has 1 saturated carbocycles. The Bertz CT molecular complexity index is 716. The highest BCUT2D eigenvalue weighted by Gasteiger charge is 2.53. The van der Waals surface area contributed by atoms with E-state index in [-0.39, 0.29) is 17.2 Å². The molecule has 2 saturated heterocycles. The van der Waals surface area contributed by atoms with Gasteiger partial charge in [-0.3, -0.25) is 9.59 Å². The molecule has 5 heteroatoms. The van der Waals surface area contributed by atoms with E-state index in [0.717, 1.165) is 51.9 Å². The van der Waals surface area contributed by atoms with Crippen molar-refractivity contribution >= 4 is 17.5 Å². The van der Waals surface area contributed by atoms with Gasteiger partial charge in [-0.2, -0.15) is 0 Å². The van der Waals surface area contributed by atoms with Gasteiger partial charge in [0.1, 0.15) is 0 Å². The molecular weight excluding hydrogens is 326 g/mol. The number of benzene rings is 1. The van der Waals surface area contributed by atoms with Crippen LogP contribution in [0.1, 0.15) is 43.2 Å². The fraction of sp³-hybridized carbons (Fsp3) is 0.619. The molecule has 2 amide bonds. The average Bonchev–Trinajstić information content (AvgIpc) is 3.19. The molecule has 3 fully saturated rings. The van der Waals surface area contributed by atoms with Crippen LogP contribution < -0.4 is 9.80 Å². The number of amides is 2. The van der Waals surface area contributed by atoms with Crippen LogP contribution in [0.4, 0.5) is 5.69 Å². The van der Waals surface area contributed by atoms with Gasteiger partial charge in [-0.25, -0.2) is 4.90 Å². The second kappa shape index (κ2) is 6.69. The largest absolute Gasteiger partial charge is 0.360 e. The van der Waals surface area contributed by atoms with Gasteiger partial charge in [0.15, 0.2) is 6.67 Å². The normalized spacial score (nSPS) is 23.5. The summed E-state index contributed by atoms with van der Waals surface area (Å²) >= 11 is 0. The van der Waals surface area contributed by atoms with Crippen LogP contribution >= 0.6 is 0 Å². The number of hydrogen-bond acceptors (Lipinski definition) is 3. The van der Waals surface area contributed by atoms with Gasteiger partial charge < -0.3 is 9.80 Å². The van der Waals surface area contributed by atoms with E-state index in [1.807, 2.05) is 0 Å². The molecule has 0 radical (unpaired) electrons. The van der Waals surface area contributed by atoms with E-state index in [9.17, 15) is 9.59 Å². The fourth-order valence-corrected chi connectivity index (χ4v) is 4.99. The zero-order valence-corrected chi connectivity index (χ0v) is 16.0. The Kier molecular flexibility index (Phi) is 4.51. The maximum Gasteiger partial charge on any atom is 0.240 e. The van der Waals surface area contributed by atoms with Crippen LogP contribution in [0.3, 0.4) is 0 Å². The number of quaternary nitrogens is 1.